The fourth-order valence-corrected chi connectivity index (χ4v) is 2.60. The number of aromatic nitrogens is 2. The Labute approximate surface area is 115 Å². The fourth-order valence-electron chi connectivity index (χ4n) is 2.60. The summed E-state index contributed by atoms with van der Waals surface area (Å²) in [5, 5.41) is 8.98. The molecular formula is C14H15N3O3. The van der Waals surface area contributed by atoms with E-state index in [1.165, 1.54) is 0 Å². The van der Waals surface area contributed by atoms with E-state index in [-0.39, 0.29) is 12.5 Å². The average Bonchev–Trinajstić information content (AvgIpc) is 3.02. The van der Waals surface area contributed by atoms with Crippen molar-refractivity contribution in [1.29, 1.82) is 0 Å². The third-order valence-electron chi connectivity index (χ3n) is 3.67. The molecule has 0 bridgehead atoms. The molecule has 1 amide bonds. The van der Waals surface area contributed by atoms with Crippen molar-refractivity contribution in [1.82, 2.24) is 14.9 Å². The number of aliphatic carboxylic acids is 1. The van der Waals surface area contributed by atoms with Gasteiger partial charge in [0.2, 0.25) is 0 Å². The van der Waals surface area contributed by atoms with Crippen molar-refractivity contribution in [3.8, 4) is 0 Å². The molecule has 0 saturated carbocycles. The monoisotopic (exact) mass is 273 g/mol. The van der Waals surface area contributed by atoms with Crippen LogP contribution in [0.3, 0.4) is 0 Å². The molecule has 0 radical (unpaired) electrons. The number of aromatic amines is 1. The molecule has 2 N–H and O–H groups in total. The number of carboxylic acid groups (broad SMARTS) is 1. The Morgan fingerprint density at radius 3 is 2.95 bits per heavy atom. The predicted molar refractivity (Wildman–Crippen MR) is 72.5 cm³/mol. The smallest absolute Gasteiger partial charge is 0.308 e. The third kappa shape index (κ3) is 2.13. The number of H-pyrrole nitrogens is 1. The average molecular weight is 273 g/mol. The fraction of sp³-hybridized carbons (Fsp3) is 0.357. The molecule has 20 heavy (non-hydrogen) atoms. The first kappa shape index (κ1) is 12.7. The molecule has 0 unspecified atom stereocenters. The van der Waals surface area contributed by atoms with Crippen LogP contribution in [0.4, 0.5) is 0 Å². The standard InChI is InChI=1S/C14H15N3O3/c1-8-15-11-3-2-9(6-12(11)16-8)13(18)17-5-4-10(7-17)14(19)20/h2-3,6,10H,4-5,7H2,1H3,(H,15,16)(H,19,20)/t10-/m0/s1. The van der Waals surface area contributed by atoms with Crippen LogP contribution in [0.25, 0.3) is 11.0 Å². The van der Waals surface area contributed by atoms with E-state index >= 15 is 0 Å². The molecule has 6 heteroatoms. The zero-order chi connectivity index (χ0) is 14.3. The predicted octanol–water partition coefficient (Wildman–Crippen LogP) is 1.42. The minimum Gasteiger partial charge on any atom is -0.481 e. The van der Waals surface area contributed by atoms with Gasteiger partial charge in [-0.25, -0.2) is 4.98 Å². The Hall–Kier alpha value is -2.37. The summed E-state index contributed by atoms with van der Waals surface area (Å²) in [6.07, 6.45) is 0.520. The maximum Gasteiger partial charge on any atom is 0.308 e. The first-order valence-electron chi connectivity index (χ1n) is 6.53. The number of hydrogen-bond acceptors (Lipinski definition) is 3. The summed E-state index contributed by atoms with van der Waals surface area (Å²) in [6.45, 7) is 2.64. The van der Waals surface area contributed by atoms with Crippen LogP contribution in [0, 0.1) is 12.8 Å². The minimum atomic E-state index is -0.833. The van der Waals surface area contributed by atoms with Crippen molar-refractivity contribution in [2.24, 2.45) is 5.92 Å². The highest BCUT2D eigenvalue weighted by Gasteiger charge is 2.31. The van der Waals surface area contributed by atoms with Crippen molar-refractivity contribution >= 4 is 22.9 Å². The van der Waals surface area contributed by atoms with E-state index in [1.807, 2.05) is 6.92 Å². The van der Waals surface area contributed by atoms with Crippen molar-refractivity contribution in [2.75, 3.05) is 13.1 Å². The normalized spacial score (nSPS) is 18.6. The Balaban J connectivity index is 1.83. The number of rotatable bonds is 2. The maximum atomic E-state index is 12.4. The molecule has 2 heterocycles. The van der Waals surface area contributed by atoms with Crippen LogP contribution in [0.2, 0.25) is 0 Å². The van der Waals surface area contributed by atoms with Gasteiger partial charge in [-0.3, -0.25) is 9.59 Å². The molecule has 1 aromatic carbocycles. The summed E-state index contributed by atoms with van der Waals surface area (Å²) in [6, 6.07) is 5.31. The van der Waals surface area contributed by atoms with Crippen LogP contribution in [0.1, 0.15) is 22.6 Å². The molecule has 3 rings (SSSR count). The highest BCUT2D eigenvalue weighted by molar-refractivity contribution is 5.97. The van der Waals surface area contributed by atoms with Crippen LogP contribution in [0.15, 0.2) is 18.2 Å². The number of hydrogen-bond donors (Lipinski definition) is 2. The van der Waals surface area contributed by atoms with E-state index in [2.05, 4.69) is 9.97 Å². The number of likely N-dealkylation sites (tertiary alicyclic amines) is 1. The second-order valence-electron chi connectivity index (χ2n) is 5.13. The lowest BCUT2D eigenvalue weighted by Crippen LogP contribution is -2.29. The van der Waals surface area contributed by atoms with Gasteiger partial charge in [-0.2, -0.15) is 0 Å². The van der Waals surface area contributed by atoms with Crippen molar-refractivity contribution < 1.29 is 14.7 Å². The summed E-state index contributed by atoms with van der Waals surface area (Å²) in [4.78, 5) is 32.3. The number of nitrogens with one attached hydrogen (secondary N) is 1. The molecule has 0 aliphatic carbocycles. The van der Waals surface area contributed by atoms with Crippen LogP contribution >= 0.6 is 0 Å². The Morgan fingerprint density at radius 2 is 2.25 bits per heavy atom. The summed E-state index contributed by atoms with van der Waals surface area (Å²) in [5.41, 5.74) is 2.21. The topological polar surface area (TPSA) is 86.3 Å². The molecular weight excluding hydrogens is 258 g/mol. The zero-order valence-electron chi connectivity index (χ0n) is 11.1. The van der Waals surface area contributed by atoms with Crippen molar-refractivity contribution in [3.05, 3.63) is 29.6 Å². The van der Waals surface area contributed by atoms with Gasteiger partial charge >= 0.3 is 5.97 Å². The number of carbonyl (C=O) groups is 2. The highest BCUT2D eigenvalue weighted by atomic mass is 16.4. The molecule has 0 spiro atoms. The number of nitrogens with zero attached hydrogens (tertiary/aromatic N) is 2. The number of carbonyl (C=O) groups excluding carboxylic acids is 1. The lowest BCUT2D eigenvalue weighted by atomic mass is 10.1. The molecule has 1 aliphatic heterocycles. The number of carboxylic acids is 1. The summed E-state index contributed by atoms with van der Waals surface area (Å²) < 4.78 is 0. The van der Waals surface area contributed by atoms with E-state index in [0.29, 0.717) is 18.5 Å². The number of imidazole rings is 1. The van der Waals surface area contributed by atoms with Gasteiger partial charge in [0.05, 0.1) is 17.0 Å². The van der Waals surface area contributed by atoms with Gasteiger partial charge in [0.15, 0.2) is 0 Å². The molecule has 6 nitrogen and oxygen atoms in total. The van der Waals surface area contributed by atoms with E-state index in [0.717, 1.165) is 16.9 Å². The van der Waals surface area contributed by atoms with Gasteiger partial charge in [-0.15, -0.1) is 0 Å². The summed E-state index contributed by atoms with van der Waals surface area (Å²) >= 11 is 0. The summed E-state index contributed by atoms with van der Waals surface area (Å²) in [7, 11) is 0. The molecule has 1 aromatic heterocycles. The van der Waals surface area contributed by atoms with Gasteiger partial charge in [0.25, 0.3) is 5.91 Å². The van der Waals surface area contributed by atoms with E-state index in [1.54, 1.807) is 23.1 Å². The quantitative estimate of drug-likeness (QED) is 0.866. The first-order valence-corrected chi connectivity index (χ1v) is 6.53. The Kier molecular flexibility index (Phi) is 2.93. The lowest BCUT2D eigenvalue weighted by molar-refractivity contribution is -0.141. The zero-order valence-corrected chi connectivity index (χ0v) is 11.1. The van der Waals surface area contributed by atoms with Crippen LogP contribution in [-0.2, 0) is 4.79 Å². The molecule has 2 aromatic rings. The van der Waals surface area contributed by atoms with E-state index in [9.17, 15) is 9.59 Å². The molecule has 1 aliphatic rings. The second-order valence-corrected chi connectivity index (χ2v) is 5.13. The minimum absolute atomic E-state index is 0.122. The van der Waals surface area contributed by atoms with Gasteiger partial charge in [-0.1, -0.05) is 0 Å². The number of benzene rings is 1. The lowest BCUT2D eigenvalue weighted by Gasteiger charge is -2.15. The number of aryl methyl sites for hydroxylation is 1. The van der Waals surface area contributed by atoms with Gasteiger partial charge in [0.1, 0.15) is 5.82 Å². The third-order valence-corrected chi connectivity index (χ3v) is 3.67. The van der Waals surface area contributed by atoms with Gasteiger partial charge in [-0.05, 0) is 31.5 Å². The highest BCUT2D eigenvalue weighted by Crippen LogP contribution is 2.20. The number of fused-ring (bicyclic) bond motifs is 1. The first-order chi connectivity index (χ1) is 9.54. The Morgan fingerprint density at radius 1 is 1.45 bits per heavy atom. The second kappa shape index (κ2) is 4.63. The van der Waals surface area contributed by atoms with E-state index in [4.69, 9.17) is 5.11 Å². The molecule has 104 valence electrons. The summed E-state index contributed by atoms with van der Waals surface area (Å²) in [5.74, 6) is -0.600. The van der Waals surface area contributed by atoms with Crippen LogP contribution in [0.5, 0.6) is 0 Å². The van der Waals surface area contributed by atoms with Crippen LogP contribution in [-0.4, -0.2) is 44.9 Å². The molecule has 1 atom stereocenters. The van der Waals surface area contributed by atoms with Crippen LogP contribution < -0.4 is 0 Å². The van der Waals surface area contributed by atoms with E-state index < -0.39 is 11.9 Å². The van der Waals surface area contributed by atoms with Crippen molar-refractivity contribution in [3.63, 3.8) is 0 Å². The Bertz CT molecular complexity index is 692. The maximum absolute atomic E-state index is 12.4. The number of amides is 1. The van der Waals surface area contributed by atoms with Crippen molar-refractivity contribution in [2.45, 2.75) is 13.3 Å². The van der Waals surface area contributed by atoms with Gasteiger partial charge in [0, 0.05) is 18.7 Å². The van der Waals surface area contributed by atoms with Gasteiger partial charge < -0.3 is 15.0 Å². The largest absolute Gasteiger partial charge is 0.481 e. The SMILES string of the molecule is Cc1nc2ccc(C(=O)N3CC[C@H](C(=O)O)C3)cc2[nH]1. The molecule has 1 saturated heterocycles. The molecule has 1 fully saturated rings.